The molecule has 3 N–H and O–H groups in total. The summed E-state index contributed by atoms with van der Waals surface area (Å²) in [7, 11) is 0. The number of benzene rings is 1. The van der Waals surface area contributed by atoms with Crippen molar-refractivity contribution < 1.29 is 9.90 Å². The summed E-state index contributed by atoms with van der Waals surface area (Å²) in [6.45, 7) is 2.12. The van der Waals surface area contributed by atoms with Crippen molar-refractivity contribution in [3.8, 4) is 17.1 Å². The standard InChI is InChI=1S/C17H20N4O2/c18-16(23)13-3-1-8-21(10-13)11-14-9-12(4-5-15(14)22)17-19-6-2-7-20-17/h2,4-7,9,13,22H,1,3,8,10-11H2,(H2,18,23). The topological polar surface area (TPSA) is 92.3 Å². The molecule has 0 spiro atoms. The molecule has 6 nitrogen and oxygen atoms in total. The molecule has 3 rings (SSSR count). The van der Waals surface area contributed by atoms with Gasteiger partial charge in [0.05, 0.1) is 5.92 Å². The van der Waals surface area contributed by atoms with Crippen molar-refractivity contribution in [2.24, 2.45) is 11.7 Å². The zero-order chi connectivity index (χ0) is 16.2. The number of rotatable bonds is 4. The fraction of sp³-hybridized carbons (Fsp3) is 0.353. The molecule has 1 aliphatic rings. The first-order chi connectivity index (χ1) is 11.1. The third kappa shape index (κ3) is 3.65. The highest BCUT2D eigenvalue weighted by Gasteiger charge is 2.24. The first-order valence-corrected chi connectivity index (χ1v) is 7.74. The number of carbonyl (C=O) groups excluding carboxylic acids is 1. The van der Waals surface area contributed by atoms with E-state index in [1.54, 1.807) is 30.6 Å². The molecule has 23 heavy (non-hydrogen) atoms. The fourth-order valence-corrected chi connectivity index (χ4v) is 2.97. The van der Waals surface area contributed by atoms with Gasteiger partial charge in [0.15, 0.2) is 5.82 Å². The van der Waals surface area contributed by atoms with E-state index in [9.17, 15) is 9.90 Å². The average Bonchev–Trinajstić information content (AvgIpc) is 2.58. The van der Waals surface area contributed by atoms with E-state index in [1.165, 1.54) is 0 Å². The van der Waals surface area contributed by atoms with Crippen molar-refractivity contribution in [1.29, 1.82) is 0 Å². The Morgan fingerprint density at radius 2 is 2.13 bits per heavy atom. The molecule has 0 aliphatic carbocycles. The minimum atomic E-state index is -0.245. The van der Waals surface area contributed by atoms with Crippen LogP contribution in [0.1, 0.15) is 18.4 Å². The summed E-state index contributed by atoms with van der Waals surface area (Å²) >= 11 is 0. The number of phenols is 1. The second kappa shape index (κ2) is 6.75. The van der Waals surface area contributed by atoms with E-state index in [0.29, 0.717) is 18.9 Å². The van der Waals surface area contributed by atoms with E-state index >= 15 is 0 Å². The summed E-state index contributed by atoms with van der Waals surface area (Å²) in [4.78, 5) is 22.0. The number of aromatic nitrogens is 2. The number of hydrogen-bond donors (Lipinski definition) is 2. The van der Waals surface area contributed by atoms with Crippen LogP contribution in [-0.4, -0.2) is 39.0 Å². The number of aromatic hydroxyl groups is 1. The van der Waals surface area contributed by atoms with Crippen LogP contribution < -0.4 is 5.73 Å². The third-order valence-corrected chi connectivity index (χ3v) is 4.21. The van der Waals surface area contributed by atoms with E-state index in [1.807, 2.05) is 6.07 Å². The number of hydrogen-bond acceptors (Lipinski definition) is 5. The Kier molecular flexibility index (Phi) is 4.52. The van der Waals surface area contributed by atoms with Crippen molar-refractivity contribution in [3.63, 3.8) is 0 Å². The number of amides is 1. The summed E-state index contributed by atoms with van der Waals surface area (Å²) < 4.78 is 0. The fourth-order valence-electron chi connectivity index (χ4n) is 2.97. The van der Waals surface area contributed by atoms with Gasteiger partial charge in [0.25, 0.3) is 0 Å². The van der Waals surface area contributed by atoms with Crippen molar-refractivity contribution >= 4 is 5.91 Å². The molecule has 1 unspecified atom stereocenters. The van der Waals surface area contributed by atoms with Crippen LogP contribution in [0, 0.1) is 5.92 Å². The van der Waals surface area contributed by atoms with Gasteiger partial charge in [0.1, 0.15) is 5.75 Å². The highest BCUT2D eigenvalue weighted by molar-refractivity contribution is 5.76. The molecule has 1 aliphatic heterocycles. The Bertz CT molecular complexity index is 690. The van der Waals surface area contributed by atoms with Crippen LogP contribution >= 0.6 is 0 Å². The maximum absolute atomic E-state index is 11.4. The molecule has 1 fully saturated rings. The predicted octanol–water partition coefficient (Wildman–Crippen LogP) is 1.55. The summed E-state index contributed by atoms with van der Waals surface area (Å²) in [5, 5.41) is 10.1. The predicted molar refractivity (Wildman–Crippen MR) is 86.3 cm³/mol. The van der Waals surface area contributed by atoms with Crippen LogP contribution in [0.2, 0.25) is 0 Å². The van der Waals surface area contributed by atoms with Crippen LogP contribution in [0.25, 0.3) is 11.4 Å². The minimum absolute atomic E-state index is 0.105. The lowest BCUT2D eigenvalue weighted by Gasteiger charge is -2.31. The number of phenolic OH excluding ortho intramolecular Hbond substituents is 1. The van der Waals surface area contributed by atoms with Crippen LogP contribution in [0.5, 0.6) is 5.75 Å². The summed E-state index contributed by atoms with van der Waals surface area (Å²) in [5.41, 5.74) is 7.09. The van der Waals surface area contributed by atoms with Gasteiger partial charge in [-0.2, -0.15) is 0 Å². The smallest absolute Gasteiger partial charge is 0.221 e. The molecule has 1 amide bonds. The number of piperidine rings is 1. The molecular formula is C17H20N4O2. The number of carbonyl (C=O) groups is 1. The van der Waals surface area contributed by atoms with Gasteiger partial charge in [0.2, 0.25) is 5.91 Å². The van der Waals surface area contributed by atoms with Gasteiger partial charge in [-0.05, 0) is 43.7 Å². The molecule has 1 atom stereocenters. The molecule has 0 saturated carbocycles. The quantitative estimate of drug-likeness (QED) is 0.893. The molecular weight excluding hydrogens is 292 g/mol. The van der Waals surface area contributed by atoms with E-state index in [-0.39, 0.29) is 17.6 Å². The summed E-state index contributed by atoms with van der Waals surface area (Å²) in [5.74, 6) is 0.519. The van der Waals surface area contributed by atoms with E-state index in [4.69, 9.17) is 5.73 Å². The molecule has 0 radical (unpaired) electrons. The van der Waals surface area contributed by atoms with Crippen LogP contribution in [-0.2, 0) is 11.3 Å². The molecule has 2 aromatic rings. The zero-order valence-corrected chi connectivity index (χ0v) is 12.9. The normalized spacial score (nSPS) is 18.7. The SMILES string of the molecule is NC(=O)C1CCCN(Cc2cc(-c3ncccn3)ccc2O)C1. The number of nitrogens with zero attached hydrogens (tertiary/aromatic N) is 3. The summed E-state index contributed by atoms with van der Waals surface area (Å²) in [6, 6.07) is 7.13. The summed E-state index contributed by atoms with van der Waals surface area (Å²) in [6.07, 6.45) is 5.17. The molecule has 1 aromatic carbocycles. The Labute approximate surface area is 135 Å². The molecule has 120 valence electrons. The van der Waals surface area contributed by atoms with Crippen molar-refractivity contribution in [2.75, 3.05) is 13.1 Å². The monoisotopic (exact) mass is 312 g/mol. The van der Waals surface area contributed by atoms with Gasteiger partial charge in [0, 0.05) is 36.6 Å². The Hall–Kier alpha value is -2.47. The van der Waals surface area contributed by atoms with Gasteiger partial charge in [-0.15, -0.1) is 0 Å². The van der Waals surface area contributed by atoms with Gasteiger partial charge < -0.3 is 10.8 Å². The number of nitrogens with two attached hydrogens (primary N) is 1. The molecule has 0 bridgehead atoms. The first-order valence-electron chi connectivity index (χ1n) is 7.74. The van der Waals surface area contributed by atoms with Gasteiger partial charge in [-0.3, -0.25) is 9.69 Å². The highest BCUT2D eigenvalue weighted by atomic mass is 16.3. The lowest BCUT2D eigenvalue weighted by atomic mass is 9.97. The van der Waals surface area contributed by atoms with Gasteiger partial charge in [-0.1, -0.05) is 0 Å². The third-order valence-electron chi connectivity index (χ3n) is 4.21. The second-order valence-corrected chi connectivity index (χ2v) is 5.89. The first kappa shape index (κ1) is 15.4. The van der Waals surface area contributed by atoms with Crippen LogP contribution in [0.3, 0.4) is 0 Å². The Balaban J connectivity index is 1.78. The zero-order valence-electron chi connectivity index (χ0n) is 12.9. The van der Waals surface area contributed by atoms with E-state index < -0.39 is 0 Å². The van der Waals surface area contributed by atoms with Crippen molar-refractivity contribution in [2.45, 2.75) is 19.4 Å². The maximum Gasteiger partial charge on any atom is 0.221 e. The molecule has 6 heteroatoms. The van der Waals surface area contributed by atoms with E-state index in [2.05, 4.69) is 14.9 Å². The molecule has 1 saturated heterocycles. The number of primary amides is 1. The maximum atomic E-state index is 11.4. The van der Waals surface area contributed by atoms with Crippen molar-refractivity contribution in [1.82, 2.24) is 14.9 Å². The Morgan fingerprint density at radius 1 is 1.35 bits per heavy atom. The minimum Gasteiger partial charge on any atom is -0.508 e. The number of likely N-dealkylation sites (tertiary alicyclic amines) is 1. The van der Waals surface area contributed by atoms with E-state index in [0.717, 1.165) is 30.5 Å². The largest absolute Gasteiger partial charge is 0.508 e. The highest BCUT2D eigenvalue weighted by Crippen LogP contribution is 2.26. The Morgan fingerprint density at radius 3 is 2.87 bits per heavy atom. The second-order valence-electron chi connectivity index (χ2n) is 5.89. The average molecular weight is 312 g/mol. The lowest BCUT2D eigenvalue weighted by Crippen LogP contribution is -2.40. The van der Waals surface area contributed by atoms with Crippen LogP contribution in [0.15, 0.2) is 36.7 Å². The van der Waals surface area contributed by atoms with Gasteiger partial charge >= 0.3 is 0 Å². The molecule has 1 aromatic heterocycles. The van der Waals surface area contributed by atoms with Crippen LogP contribution in [0.4, 0.5) is 0 Å². The molecule has 2 heterocycles. The lowest BCUT2D eigenvalue weighted by molar-refractivity contribution is -0.123. The van der Waals surface area contributed by atoms with Crippen molar-refractivity contribution in [3.05, 3.63) is 42.2 Å². The van der Waals surface area contributed by atoms with Gasteiger partial charge in [-0.25, -0.2) is 9.97 Å².